The Balaban J connectivity index is 3.29. The quantitative estimate of drug-likeness (QED) is 0.138. The highest BCUT2D eigenvalue weighted by atomic mass is 16.4. The molecule has 196 valence electrons. The van der Waals surface area contributed by atoms with Crippen LogP contribution in [0.15, 0.2) is 0 Å². The molecule has 0 heterocycles. The van der Waals surface area contributed by atoms with Gasteiger partial charge in [-0.15, -0.1) is 0 Å². The summed E-state index contributed by atoms with van der Waals surface area (Å²) >= 11 is 0. The second-order valence-corrected chi connectivity index (χ2v) is 10.1. The van der Waals surface area contributed by atoms with Crippen molar-refractivity contribution in [3.05, 3.63) is 0 Å². The number of carbonyl (C=O) groups is 2. The van der Waals surface area contributed by atoms with Gasteiger partial charge in [0.2, 0.25) is 5.91 Å². The molecule has 33 heavy (non-hydrogen) atoms. The zero-order valence-electron chi connectivity index (χ0n) is 22.3. The van der Waals surface area contributed by atoms with Crippen LogP contribution in [-0.2, 0) is 9.59 Å². The van der Waals surface area contributed by atoms with Gasteiger partial charge in [-0.3, -0.25) is 14.5 Å². The van der Waals surface area contributed by atoms with E-state index in [0.29, 0.717) is 19.4 Å². The molecule has 0 bridgehead atoms. The van der Waals surface area contributed by atoms with Crippen molar-refractivity contribution in [2.24, 2.45) is 0 Å². The van der Waals surface area contributed by atoms with E-state index >= 15 is 0 Å². The van der Waals surface area contributed by atoms with Gasteiger partial charge in [0.1, 0.15) is 6.04 Å². The van der Waals surface area contributed by atoms with Gasteiger partial charge in [-0.2, -0.15) is 0 Å². The average molecular weight is 469 g/mol. The summed E-state index contributed by atoms with van der Waals surface area (Å²) in [7, 11) is 3.58. The van der Waals surface area contributed by atoms with E-state index in [9.17, 15) is 9.59 Å². The first-order chi connectivity index (χ1) is 16.0. The third kappa shape index (κ3) is 22.5. The highest BCUT2D eigenvalue weighted by Crippen LogP contribution is 2.14. The lowest BCUT2D eigenvalue weighted by molar-refractivity contribution is -0.142. The molecule has 0 aromatic rings. The third-order valence-corrected chi connectivity index (χ3v) is 6.64. The second-order valence-electron chi connectivity index (χ2n) is 10.1. The van der Waals surface area contributed by atoms with Crippen molar-refractivity contribution in [2.75, 3.05) is 20.6 Å². The summed E-state index contributed by atoms with van der Waals surface area (Å²) in [5, 5.41) is 12.1. The van der Waals surface area contributed by atoms with Gasteiger partial charge in [0, 0.05) is 13.0 Å². The molecule has 0 saturated heterocycles. The Morgan fingerprint density at radius 1 is 0.667 bits per heavy atom. The van der Waals surface area contributed by atoms with E-state index in [4.69, 9.17) is 5.11 Å². The zero-order chi connectivity index (χ0) is 24.6. The van der Waals surface area contributed by atoms with Crippen molar-refractivity contribution in [1.29, 1.82) is 0 Å². The summed E-state index contributed by atoms with van der Waals surface area (Å²) < 4.78 is 0. The first-order valence-corrected chi connectivity index (χ1v) is 14.1. The SMILES string of the molecule is CCCCCCCCCCCCCCCCCCCC(=O)NCCCC[C@@H](C(=O)O)N(C)C. The molecule has 0 radical (unpaired) electrons. The fourth-order valence-corrected chi connectivity index (χ4v) is 4.39. The second kappa shape index (κ2) is 24.0. The maximum absolute atomic E-state index is 11.9. The number of hydrogen-bond acceptors (Lipinski definition) is 3. The summed E-state index contributed by atoms with van der Waals surface area (Å²) in [6.07, 6.45) is 25.8. The number of amides is 1. The van der Waals surface area contributed by atoms with Crippen molar-refractivity contribution in [3.63, 3.8) is 0 Å². The van der Waals surface area contributed by atoms with Gasteiger partial charge >= 0.3 is 5.97 Å². The minimum Gasteiger partial charge on any atom is -0.480 e. The number of carboxylic acid groups (broad SMARTS) is 1. The minimum absolute atomic E-state index is 0.137. The molecule has 0 fully saturated rings. The van der Waals surface area contributed by atoms with Crippen LogP contribution >= 0.6 is 0 Å². The van der Waals surface area contributed by atoms with E-state index in [1.54, 1.807) is 19.0 Å². The summed E-state index contributed by atoms with van der Waals surface area (Å²) in [6.45, 7) is 2.93. The van der Waals surface area contributed by atoms with Crippen molar-refractivity contribution < 1.29 is 14.7 Å². The van der Waals surface area contributed by atoms with Crippen LogP contribution in [0.2, 0.25) is 0 Å². The third-order valence-electron chi connectivity index (χ3n) is 6.64. The fourth-order valence-electron chi connectivity index (χ4n) is 4.39. The maximum atomic E-state index is 11.9. The van der Waals surface area contributed by atoms with Crippen molar-refractivity contribution in [2.45, 2.75) is 148 Å². The highest BCUT2D eigenvalue weighted by molar-refractivity contribution is 5.75. The molecule has 0 unspecified atom stereocenters. The standard InChI is InChI=1S/C28H56N2O3/c1-4-5-6-7-8-9-10-11-12-13-14-15-16-17-18-19-20-24-27(31)29-25-22-21-23-26(28(32)33)30(2)3/h26H,4-25H2,1-3H3,(H,29,31)(H,32,33)/t26-/m0/s1. The van der Waals surface area contributed by atoms with Crippen LogP contribution in [0, 0.1) is 0 Å². The molecule has 1 amide bonds. The Morgan fingerprint density at radius 2 is 1.09 bits per heavy atom. The summed E-state index contributed by atoms with van der Waals surface area (Å²) in [5.74, 6) is -0.638. The summed E-state index contributed by atoms with van der Waals surface area (Å²) in [5.41, 5.74) is 0. The molecule has 0 spiro atoms. The lowest BCUT2D eigenvalue weighted by atomic mass is 10.0. The molecule has 5 nitrogen and oxygen atoms in total. The van der Waals surface area contributed by atoms with E-state index in [-0.39, 0.29) is 5.91 Å². The van der Waals surface area contributed by atoms with Crippen LogP contribution in [0.25, 0.3) is 0 Å². The number of nitrogens with one attached hydrogen (secondary N) is 1. The van der Waals surface area contributed by atoms with Crippen LogP contribution in [0.4, 0.5) is 0 Å². The monoisotopic (exact) mass is 468 g/mol. The highest BCUT2D eigenvalue weighted by Gasteiger charge is 2.18. The van der Waals surface area contributed by atoms with E-state index in [0.717, 1.165) is 25.7 Å². The molecular weight excluding hydrogens is 412 g/mol. The van der Waals surface area contributed by atoms with Gasteiger partial charge in [0.25, 0.3) is 0 Å². The Kier molecular flexibility index (Phi) is 23.2. The minimum atomic E-state index is -0.775. The largest absolute Gasteiger partial charge is 0.480 e. The number of aliphatic carboxylic acids is 1. The van der Waals surface area contributed by atoms with Crippen molar-refractivity contribution in [3.8, 4) is 0 Å². The molecule has 1 atom stereocenters. The van der Waals surface area contributed by atoms with Gasteiger partial charge < -0.3 is 10.4 Å². The topological polar surface area (TPSA) is 69.6 Å². The molecule has 0 aromatic carbocycles. The van der Waals surface area contributed by atoms with E-state index in [1.807, 2.05) is 0 Å². The van der Waals surface area contributed by atoms with Crippen LogP contribution < -0.4 is 5.32 Å². The first-order valence-electron chi connectivity index (χ1n) is 14.1. The molecule has 0 rings (SSSR count). The van der Waals surface area contributed by atoms with Crippen molar-refractivity contribution in [1.82, 2.24) is 10.2 Å². The summed E-state index contributed by atoms with van der Waals surface area (Å²) in [6, 6.07) is -0.435. The smallest absolute Gasteiger partial charge is 0.320 e. The molecule has 0 aromatic heterocycles. The van der Waals surface area contributed by atoms with E-state index in [2.05, 4.69) is 12.2 Å². The fraction of sp³-hybridized carbons (Fsp3) is 0.929. The lowest BCUT2D eigenvalue weighted by Crippen LogP contribution is -2.35. The number of hydrogen-bond donors (Lipinski definition) is 2. The van der Waals surface area contributed by atoms with Gasteiger partial charge in [-0.1, -0.05) is 110 Å². The van der Waals surface area contributed by atoms with Gasteiger partial charge in [0.05, 0.1) is 0 Å². The maximum Gasteiger partial charge on any atom is 0.320 e. The summed E-state index contributed by atoms with van der Waals surface area (Å²) in [4.78, 5) is 24.8. The molecule has 2 N–H and O–H groups in total. The number of unbranched alkanes of at least 4 members (excludes halogenated alkanes) is 17. The van der Waals surface area contributed by atoms with Gasteiger partial charge in [-0.05, 0) is 39.8 Å². The van der Waals surface area contributed by atoms with Crippen LogP contribution in [-0.4, -0.2) is 48.6 Å². The van der Waals surface area contributed by atoms with E-state index in [1.165, 1.54) is 96.3 Å². The Bertz CT molecular complexity index is 454. The molecule has 5 heteroatoms. The predicted octanol–water partition coefficient (Wildman–Crippen LogP) is 7.33. The van der Waals surface area contributed by atoms with Crippen LogP contribution in [0.1, 0.15) is 142 Å². The predicted molar refractivity (Wildman–Crippen MR) is 141 cm³/mol. The Morgan fingerprint density at radius 3 is 1.48 bits per heavy atom. The average Bonchev–Trinajstić information content (AvgIpc) is 2.77. The Hall–Kier alpha value is -1.10. The van der Waals surface area contributed by atoms with Crippen LogP contribution in [0.3, 0.4) is 0 Å². The number of nitrogens with zero attached hydrogens (tertiary/aromatic N) is 1. The number of rotatable bonds is 25. The van der Waals surface area contributed by atoms with Crippen molar-refractivity contribution >= 4 is 11.9 Å². The molecular formula is C28H56N2O3. The number of likely N-dealkylation sites (N-methyl/N-ethyl adjacent to an activating group) is 1. The van der Waals surface area contributed by atoms with Gasteiger partial charge in [0.15, 0.2) is 0 Å². The zero-order valence-corrected chi connectivity index (χ0v) is 22.3. The number of carboxylic acids is 1. The molecule has 0 saturated carbocycles. The first kappa shape index (κ1) is 31.9. The van der Waals surface area contributed by atoms with Gasteiger partial charge in [-0.25, -0.2) is 0 Å². The molecule has 0 aliphatic carbocycles. The molecule has 0 aliphatic heterocycles. The normalized spacial score (nSPS) is 12.2. The Labute approximate surface area is 205 Å². The molecule has 0 aliphatic rings. The lowest BCUT2D eigenvalue weighted by Gasteiger charge is -2.19. The number of carbonyl (C=O) groups excluding carboxylic acids is 1. The van der Waals surface area contributed by atoms with Crippen LogP contribution in [0.5, 0.6) is 0 Å². The van der Waals surface area contributed by atoms with E-state index < -0.39 is 12.0 Å².